The molecule has 1 aliphatic heterocycles. The van der Waals surface area contributed by atoms with E-state index in [2.05, 4.69) is 10.6 Å². The van der Waals surface area contributed by atoms with Crippen molar-refractivity contribution < 1.29 is 24.6 Å². The number of amides is 2. The van der Waals surface area contributed by atoms with E-state index in [4.69, 9.17) is 10.2 Å². The fraction of sp³-hybridized carbons (Fsp3) is 0.500. The molecule has 9 nitrogen and oxygen atoms in total. The van der Waals surface area contributed by atoms with Crippen LogP contribution in [0.1, 0.15) is 11.1 Å². The number of aliphatic carboxylic acids is 2. The molecular formula is C18H26N4O5. The maximum atomic E-state index is 12.2. The number of urea groups is 1. The minimum absolute atomic E-state index is 0.00189. The maximum Gasteiger partial charge on any atom is 0.321 e. The van der Waals surface area contributed by atoms with Gasteiger partial charge >= 0.3 is 18.0 Å². The van der Waals surface area contributed by atoms with Gasteiger partial charge in [-0.15, -0.1) is 0 Å². The molecule has 0 aromatic heterocycles. The lowest BCUT2D eigenvalue weighted by Crippen LogP contribution is -2.52. The van der Waals surface area contributed by atoms with E-state index >= 15 is 0 Å². The van der Waals surface area contributed by atoms with Crippen LogP contribution in [0.5, 0.6) is 0 Å². The molecule has 1 aromatic rings. The largest absolute Gasteiger partial charge is 0.480 e. The Labute approximate surface area is 157 Å². The standard InChI is InChI=1S/C18H26N4O5/c1-19-15(17(25)26)10-13-2-4-14(5-3-13)11-20-18(27)22-8-6-21(7-9-22)12-16(23)24/h2-5,15,19H,6-12H2,1H3,(H,20,27)(H,23,24)(H,25,26)/t15-/m1/s1. The number of hydrogen-bond donors (Lipinski definition) is 4. The molecule has 1 aromatic carbocycles. The summed E-state index contributed by atoms with van der Waals surface area (Å²) in [5.74, 6) is -1.75. The van der Waals surface area contributed by atoms with Crippen molar-refractivity contribution in [1.29, 1.82) is 0 Å². The topological polar surface area (TPSA) is 122 Å². The number of carboxylic acid groups (broad SMARTS) is 2. The van der Waals surface area contributed by atoms with Crippen LogP contribution in [-0.2, 0) is 22.6 Å². The van der Waals surface area contributed by atoms with Gasteiger partial charge in [-0.1, -0.05) is 24.3 Å². The van der Waals surface area contributed by atoms with Crippen LogP contribution < -0.4 is 10.6 Å². The summed E-state index contributed by atoms with van der Waals surface area (Å²) < 4.78 is 0. The van der Waals surface area contributed by atoms with Gasteiger partial charge in [0.2, 0.25) is 0 Å². The van der Waals surface area contributed by atoms with Crippen LogP contribution >= 0.6 is 0 Å². The SMILES string of the molecule is CN[C@H](Cc1ccc(CNC(=O)N2CCN(CC(=O)O)CC2)cc1)C(=O)O. The molecule has 1 aliphatic rings. The zero-order valence-corrected chi connectivity index (χ0v) is 15.4. The maximum absolute atomic E-state index is 12.2. The van der Waals surface area contributed by atoms with Crippen LogP contribution in [-0.4, -0.2) is 83.8 Å². The highest BCUT2D eigenvalue weighted by atomic mass is 16.4. The van der Waals surface area contributed by atoms with Crippen molar-refractivity contribution in [2.45, 2.75) is 19.0 Å². The summed E-state index contributed by atoms with van der Waals surface area (Å²) in [5, 5.41) is 23.5. The number of likely N-dealkylation sites (N-methyl/N-ethyl adjacent to an activating group) is 1. The van der Waals surface area contributed by atoms with Crippen LogP contribution in [0.15, 0.2) is 24.3 Å². The Hall–Kier alpha value is -2.65. The average molecular weight is 378 g/mol. The van der Waals surface area contributed by atoms with E-state index in [0.29, 0.717) is 39.1 Å². The van der Waals surface area contributed by atoms with Gasteiger partial charge in [-0.25, -0.2) is 4.79 Å². The Bertz CT molecular complexity index is 656. The third-order valence-corrected chi connectivity index (χ3v) is 4.57. The minimum Gasteiger partial charge on any atom is -0.480 e. The molecule has 1 saturated heterocycles. The first-order valence-electron chi connectivity index (χ1n) is 8.84. The number of benzene rings is 1. The van der Waals surface area contributed by atoms with Crippen molar-refractivity contribution in [1.82, 2.24) is 20.4 Å². The molecule has 4 N–H and O–H groups in total. The van der Waals surface area contributed by atoms with Gasteiger partial charge in [0.05, 0.1) is 6.54 Å². The first-order chi connectivity index (χ1) is 12.9. The van der Waals surface area contributed by atoms with Crippen LogP contribution in [0.2, 0.25) is 0 Å². The van der Waals surface area contributed by atoms with E-state index in [-0.39, 0.29) is 12.6 Å². The number of carbonyl (C=O) groups is 3. The summed E-state index contributed by atoms with van der Waals surface area (Å²) in [7, 11) is 1.62. The molecule has 27 heavy (non-hydrogen) atoms. The third-order valence-electron chi connectivity index (χ3n) is 4.57. The molecule has 0 bridgehead atoms. The number of piperazine rings is 1. The Morgan fingerprint density at radius 1 is 1.04 bits per heavy atom. The van der Waals surface area contributed by atoms with Gasteiger partial charge in [-0.05, 0) is 24.6 Å². The number of nitrogens with one attached hydrogen (secondary N) is 2. The second kappa shape index (κ2) is 9.89. The van der Waals surface area contributed by atoms with E-state index in [9.17, 15) is 14.4 Å². The van der Waals surface area contributed by atoms with E-state index in [1.807, 2.05) is 24.3 Å². The predicted octanol–water partition coefficient (Wildman–Crippen LogP) is -0.186. The predicted molar refractivity (Wildman–Crippen MR) is 98.5 cm³/mol. The summed E-state index contributed by atoms with van der Waals surface area (Å²) in [6.07, 6.45) is 0.388. The highest BCUT2D eigenvalue weighted by Gasteiger charge is 2.22. The van der Waals surface area contributed by atoms with Crippen molar-refractivity contribution in [3.63, 3.8) is 0 Å². The highest BCUT2D eigenvalue weighted by molar-refractivity contribution is 5.74. The third kappa shape index (κ3) is 6.54. The zero-order valence-electron chi connectivity index (χ0n) is 15.4. The second-order valence-corrected chi connectivity index (χ2v) is 6.52. The van der Waals surface area contributed by atoms with E-state index in [1.165, 1.54) is 0 Å². The molecule has 2 amide bonds. The molecule has 2 rings (SSSR count). The second-order valence-electron chi connectivity index (χ2n) is 6.52. The summed E-state index contributed by atoms with van der Waals surface area (Å²) >= 11 is 0. The van der Waals surface area contributed by atoms with Gasteiger partial charge in [0, 0.05) is 32.7 Å². The summed E-state index contributed by atoms with van der Waals surface area (Å²) in [6, 6.07) is 6.66. The Morgan fingerprint density at radius 2 is 1.63 bits per heavy atom. The number of carboxylic acids is 2. The Morgan fingerprint density at radius 3 is 2.15 bits per heavy atom. The van der Waals surface area contributed by atoms with Crippen molar-refractivity contribution in [3.05, 3.63) is 35.4 Å². The van der Waals surface area contributed by atoms with Crippen molar-refractivity contribution >= 4 is 18.0 Å². The van der Waals surface area contributed by atoms with Crippen LogP contribution in [0.4, 0.5) is 4.79 Å². The monoisotopic (exact) mass is 378 g/mol. The number of nitrogens with zero attached hydrogens (tertiary/aromatic N) is 2. The lowest BCUT2D eigenvalue weighted by Gasteiger charge is -2.33. The minimum atomic E-state index is -0.891. The molecule has 1 fully saturated rings. The van der Waals surface area contributed by atoms with E-state index in [1.54, 1.807) is 16.8 Å². The molecule has 148 valence electrons. The number of rotatable bonds is 8. The molecule has 0 unspecified atom stereocenters. The van der Waals surface area contributed by atoms with Gasteiger partial charge in [-0.3, -0.25) is 14.5 Å². The highest BCUT2D eigenvalue weighted by Crippen LogP contribution is 2.08. The molecule has 0 spiro atoms. The van der Waals surface area contributed by atoms with Gasteiger partial charge in [-0.2, -0.15) is 0 Å². The van der Waals surface area contributed by atoms with E-state index in [0.717, 1.165) is 11.1 Å². The lowest BCUT2D eigenvalue weighted by molar-refractivity contribution is -0.140. The molecule has 0 saturated carbocycles. The van der Waals surface area contributed by atoms with Crippen LogP contribution in [0.3, 0.4) is 0 Å². The molecule has 9 heteroatoms. The van der Waals surface area contributed by atoms with Gasteiger partial charge in [0.1, 0.15) is 6.04 Å². The van der Waals surface area contributed by atoms with Crippen molar-refractivity contribution in [2.24, 2.45) is 0 Å². The molecule has 0 radical (unpaired) electrons. The normalized spacial score (nSPS) is 16.0. The van der Waals surface area contributed by atoms with Crippen molar-refractivity contribution in [2.75, 3.05) is 39.8 Å². The average Bonchev–Trinajstić information content (AvgIpc) is 2.65. The number of hydrogen-bond acceptors (Lipinski definition) is 5. The Kier molecular flexibility index (Phi) is 7.56. The van der Waals surface area contributed by atoms with E-state index < -0.39 is 18.0 Å². The molecule has 1 heterocycles. The summed E-state index contributed by atoms with van der Waals surface area (Å²) in [5.41, 5.74) is 1.83. The Balaban J connectivity index is 1.77. The van der Waals surface area contributed by atoms with Gasteiger partial charge in [0.25, 0.3) is 0 Å². The zero-order chi connectivity index (χ0) is 19.8. The quantitative estimate of drug-likeness (QED) is 0.495. The van der Waals surface area contributed by atoms with Gasteiger partial charge in [0.15, 0.2) is 0 Å². The fourth-order valence-corrected chi connectivity index (χ4v) is 2.93. The first-order valence-corrected chi connectivity index (χ1v) is 8.84. The summed E-state index contributed by atoms with van der Waals surface area (Å²) in [6.45, 7) is 2.47. The number of carbonyl (C=O) groups excluding carboxylic acids is 1. The van der Waals surface area contributed by atoms with Gasteiger partial charge < -0.3 is 25.7 Å². The van der Waals surface area contributed by atoms with Crippen LogP contribution in [0, 0.1) is 0 Å². The molecular weight excluding hydrogens is 352 g/mol. The smallest absolute Gasteiger partial charge is 0.321 e. The lowest BCUT2D eigenvalue weighted by atomic mass is 10.0. The van der Waals surface area contributed by atoms with Crippen LogP contribution in [0.25, 0.3) is 0 Å². The first kappa shape index (κ1) is 20.7. The molecule has 1 atom stereocenters. The van der Waals surface area contributed by atoms with Crippen molar-refractivity contribution in [3.8, 4) is 0 Å². The molecule has 0 aliphatic carbocycles. The summed E-state index contributed by atoms with van der Waals surface area (Å²) in [4.78, 5) is 37.5. The fourth-order valence-electron chi connectivity index (χ4n) is 2.93.